The predicted molar refractivity (Wildman–Crippen MR) is 96.0 cm³/mol. The van der Waals surface area contributed by atoms with E-state index in [0.29, 0.717) is 6.54 Å². The number of benzene rings is 1. The molecule has 1 aromatic carbocycles. The van der Waals surface area contributed by atoms with Crippen molar-refractivity contribution in [2.24, 2.45) is 7.05 Å². The highest BCUT2D eigenvalue weighted by Gasteiger charge is 2.22. The van der Waals surface area contributed by atoms with E-state index in [4.69, 9.17) is 11.6 Å². The van der Waals surface area contributed by atoms with E-state index in [1.807, 2.05) is 18.1 Å². The number of halogens is 1. The highest BCUT2D eigenvalue weighted by Crippen LogP contribution is 2.28. The van der Waals surface area contributed by atoms with Crippen LogP contribution < -0.4 is 0 Å². The maximum absolute atomic E-state index is 12.4. The van der Waals surface area contributed by atoms with Gasteiger partial charge in [0.15, 0.2) is 0 Å². The third kappa shape index (κ3) is 3.64. The van der Waals surface area contributed by atoms with E-state index < -0.39 is 0 Å². The van der Waals surface area contributed by atoms with E-state index in [-0.39, 0.29) is 17.8 Å². The molecule has 2 aromatic rings. The van der Waals surface area contributed by atoms with Crippen molar-refractivity contribution in [1.29, 1.82) is 0 Å². The Morgan fingerprint density at radius 2 is 2.08 bits per heavy atom. The molecular formula is C19H24ClN3O. The van der Waals surface area contributed by atoms with Gasteiger partial charge < -0.3 is 4.90 Å². The molecule has 0 saturated heterocycles. The molecule has 0 spiro atoms. The Kier molecular flexibility index (Phi) is 5.24. The fourth-order valence-electron chi connectivity index (χ4n) is 3.46. The number of carbonyl (C=O) groups is 1. The molecule has 1 heterocycles. The second-order valence-corrected chi connectivity index (χ2v) is 6.86. The molecule has 128 valence electrons. The van der Waals surface area contributed by atoms with Gasteiger partial charge >= 0.3 is 0 Å². The zero-order valence-corrected chi connectivity index (χ0v) is 15.1. The largest absolute Gasteiger partial charge is 0.330 e. The van der Waals surface area contributed by atoms with Crippen LogP contribution in [0.2, 0.25) is 0 Å². The number of alkyl halides is 1. The third-order valence-corrected chi connectivity index (χ3v) is 5.10. The molecule has 5 heteroatoms. The van der Waals surface area contributed by atoms with Crippen LogP contribution in [0, 0.1) is 0 Å². The summed E-state index contributed by atoms with van der Waals surface area (Å²) in [6.07, 6.45) is 8.58. The molecule has 0 N–H and O–H groups in total. The van der Waals surface area contributed by atoms with Crippen LogP contribution in [0.4, 0.5) is 0 Å². The van der Waals surface area contributed by atoms with Gasteiger partial charge in [-0.25, -0.2) is 0 Å². The number of hydrogen-bond donors (Lipinski definition) is 0. The lowest BCUT2D eigenvalue weighted by Gasteiger charge is -2.30. The zero-order chi connectivity index (χ0) is 17.1. The van der Waals surface area contributed by atoms with Crippen molar-refractivity contribution in [3.8, 4) is 0 Å². The van der Waals surface area contributed by atoms with Crippen molar-refractivity contribution in [3.63, 3.8) is 0 Å². The summed E-state index contributed by atoms with van der Waals surface area (Å²) >= 11 is 5.85. The summed E-state index contributed by atoms with van der Waals surface area (Å²) in [5.74, 6) is -0.0547. The minimum Gasteiger partial charge on any atom is -0.330 e. The van der Waals surface area contributed by atoms with Crippen molar-refractivity contribution in [1.82, 2.24) is 14.7 Å². The molecule has 24 heavy (non-hydrogen) atoms. The molecule has 0 bridgehead atoms. The highest BCUT2D eigenvalue weighted by atomic mass is 35.5. The van der Waals surface area contributed by atoms with E-state index in [9.17, 15) is 4.79 Å². The van der Waals surface area contributed by atoms with Crippen LogP contribution in [0.25, 0.3) is 0 Å². The van der Waals surface area contributed by atoms with E-state index in [0.717, 1.165) is 12.0 Å². The summed E-state index contributed by atoms with van der Waals surface area (Å²) in [5, 5.41) is 4.19. The van der Waals surface area contributed by atoms with Crippen LogP contribution in [-0.2, 0) is 31.2 Å². The van der Waals surface area contributed by atoms with E-state index in [2.05, 4.69) is 30.2 Å². The number of rotatable bonds is 5. The van der Waals surface area contributed by atoms with Gasteiger partial charge in [0, 0.05) is 25.4 Å². The Bertz CT molecular complexity index is 725. The molecule has 3 rings (SSSR count). The van der Waals surface area contributed by atoms with Gasteiger partial charge in [-0.2, -0.15) is 5.10 Å². The molecule has 0 radical (unpaired) electrons. The van der Waals surface area contributed by atoms with E-state index in [1.54, 1.807) is 10.9 Å². The third-order valence-electron chi connectivity index (χ3n) is 4.87. The van der Waals surface area contributed by atoms with Gasteiger partial charge in [-0.3, -0.25) is 9.48 Å². The molecule has 0 fully saturated rings. The van der Waals surface area contributed by atoms with Gasteiger partial charge in [0.1, 0.15) is 5.88 Å². The van der Waals surface area contributed by atoms with Gasteiger partial charge in [0.05, 0.1) is 12.2 Å². The Morgan fingerprint density at radius 3 is 2.75 bits per heavy atom. The Morgan fingerprint density at radius 1 is 1.33 bits per heavy atom. The molecule has 4 nitrogen and oxygen atoms in total. The quantitative estimate of drug-likeness (QED) is 0.776. The second kappa shape index (κ2) is 7.39. The van der Waals surface area contributed by atoms with Crippen molar-refractivity contribution in [2.75, 3.05) is 5.88 Å². The SMILES string of the molecule is C[C@H](c1ccc2c(c1)CCCC2)N(Cc1cnn(C)c1)C(=O)CCl. The maximum Gasteiger partial charge on any atom is 0.238 e. The second-order valence-electron chi connectivity index (χ2n) is 6.59. The minimum absolute atomic E-state index is 0.00442. The Hall–Kier alpha value is -1.81. The summed E-state index contributed by atoms with van der Waals surface area (Å²) in [5.41, 5.74) is 5.09. The van der Waals surface area contributed by atoms with Crippen LogP contribution in [0.3, 0.4) is 0 Å². The number of carbonyl (C=O) groups excluding carboxylic acids is 1. The summed E-state index contributed by atoms with van der Waals surface area (Å²) in [7, 11) is 1.88. The lowest BCUT2D eigenvalue weighted by Crippen LogP contribution is -2.34. The minimum atomic E-state index is -0.0502. The summed E-state index contributed by atoms with van der Waals surface area (Å²) < 4.78 is 1.75. The molecule has 1 amide bonds. The lowest BCUT2D eigenvalue weighted by atomic mass is 9.89. The lowest BCUT2D eigenvalue weighted by molar-refractivity contribution is -0.131. The first-order valence-electron chi connectivity index (χ1n) is 8.53. The highest BCUT2D eigenvalue weighted by molar-refractivity contribution is 6.27. The summed E-state index contributed by atoms with van der Waals surface area (Å²) in [6, 6.07) is 6.65. The average Bonchev–Trinajstić information content (AvgIpc) is 3.03. The topological polar surface area (TPSA) is 38.1 Å². The van der Waals surface area contributed by atoms with Gasteiger partial charge in [-0.05, 0) is 49.3 Å². The number of aromatic nitrogens is 2. The number of amides is 1. The molecular weight excluding hydrogens is 322 g/mol. The number of fused-ring (bicyclic) bond motifs is 1. The monoisotopic (exact) mass is 345 g/mol. The van der Waals surface area contributed by atoms with Crippen LogP contribution in [0.15, 0.2) is 30.6 Å². The van der Waals surface area contributed by atoms with Crippen LogP contribution >= 0.6 is 11.6 Å². The molecule has 1 aliphatic carbocycles. The van der Waals surface area contributed by atoms with Crippen molar-refractivity contribution in [3.05, 3.63) is 52.8 Å². The normalized spacial score (nSPS) is 15.0. The van der Waals surface area contributed by atoms with Crippen LogP contribution in [-0.4, -0.2) is 26.5 Å². The smallest absolute Gasteiger partial charge is 0.238 e. The average molecular weight is 346 g/mol. The van der Waals surface area contributed by atoms with Gasteiger partial charge in [-0.15, -0.1) is 11.6 Å². The van der Waals surface area contributed by atoms with Crippen molar-refractivity contribution < 1.29 is 4.79 Å². The molecule has 1 atom stereocenters. The van der Waals surface area contributed by atoms with Gasteiger partial charge in [-0.1, -0.05) is 18.2 Å². The molecule has 0 saturated carbocycles. The zero-order valence-electron chi connectivity index (χ0n) is 14.3. The Balaban J connectivity index is 1.85. The van der Waals surface area contributed by atoms with E-state index in [1.165, 1.54) is 36.0 Å². The summed E-state index contributed by atoms with van der Waals surface area (Å²) in [4.78, 5) is 14.2. The van der Waals surface area contributed by atoms with Crippen LogP contribution in [0.5, 0.6) is 0 Å². The van der Waals surface area contributed by atoms with Crippen molar-refractivity contribution >= 4 is 17.5 Å². The summed E-state index contributed by atoms with van der Waals surface area (Å²) in [6.45, 7) is 2.60. The van der Waals surface area contributed by atoms with Crippen LogP contribution in [0.1, 0.15) is 48.1 Å². The van der Waals surface area contributed by atoms with E-state index >= 15 is 0 Å². The molecule has 0 unspecified atom stereocenters. The molecule has 1 aromatic heterocycles. The molecule has 1 aliphatic rings. The van der Waals surface area contributed by atoms with Gasteiger partial charge in [0.25, 0.3) is 0 Å². The standard InChI is InChI=1S/C19H24ClN3O/c1-14(17-8-7-16-5-3-4-6-18(16)9-17)23(19(24)10-20)13-15-11-21-22(2)12-15/h7-9,11-12,14H,3-6,10,13H2,1-2H3/t14-/m1/s1. The maximum atomic E-state index is 12.4. The molecule has 0 aliphatic heterocycles. The first kappa shape index (κ1) is 17.0. The van der Waals surface area contributed by atoms with Crippen molar-refractivity contribution in [2.45, 2.75) is 45.2 Å². The van der Waals surface area contributed by atoms with Gasteiger partial charge in [0.2, 0.25) is 5.91 Å². The fraction of sp³-hybridized carbons (Fsp3) is 0.474. The number of hydrogen-bond acceptors (Lipinski definition) is 2. The first-order valence-corrected chi connectivity index (χ1v) is 9.06. The fourth-order valence-corrected chi connectivity index (χ4v) is 3.61. The Labute approximate surface area is 148 Å². The first-order chi connectivity index (χ1) is 11.6. The number of nitrogens with zero attached hydrogens (tertiary/aromatic N) is 3. The predicted octanol–water partition coefficient (Wildman–Crippen LogP) is 3.63. The number of aryl methyl sites for hydroxylation is 3.